The van der Waals surface area contributed by atoms with E-state index in [0.717, 1.165) is 10.0 Å². The largest absolute Gasteiger partial charge is 0.493 e. The number of fused-ring (bicyclic) bond motifs is 1. The Morgan fingerprint density at radius 3 is 2.23 bits per heavy atom. The van der Waals surface area contributed by atoms with Crippen molar-refractivity contribution >= 4 is 39.3 Å². The van der Waals surface area contributed by atoms with Gasteiger partial charge < -0.3 is 18.9 Å². The zero-order valence-electron chi connectivity index (χ0n) is 19.7. The third-order valence-corrected chi connectivity index (χ3v) is 7.11. The summed E-state index contributed by atoms with van der Waals surface area (Å²) >= 11 is 4.68. The molecule has 0 N–H and O–H groups in total. The van der Waals surface area contributed by atoms with Crippen molar-refractivity contribution < 1.29 is 23.7 Å². The van der Waals surface area contributed by atoms with Crippen LogP contribution in [0.5, 0.6) is 17.2 Å². The van der Waals surface area contributed by atoms with Crippen LogP contribution in [-0.2, 0) is 9.53 Å². The molecule has 10 heteroatoms. The van der Waals surface area contributed by atoms with Crippen LogP contribution in [0.4, 0.5) is 0 Å². The average Bonchev–Trinajstić information content (AvgIpc) is 3.17. The van der Waals surface area contributed by atoms with Gasteiger partial charge in [0.05, 0.1) is 50.3 Å². The van der Waals surface area contributed by atoms with E-state index in [4.69, 9.17) is 18.9 Å². The third-order valence-electron chi connectivity index (χ3n) is 5.60. The quantitative estimate of drug-likeness (QED) is 0.432. The van der Waals surface area contributed by atoms with Gasteiger partial charge in [0, 0.05) is 4.47 Å². The molecule has 1 aliphatic heterocycles. The third kappa shape index (κ3) is 4.51. The Bertz CT molecular complexity index is 1480. The van der Waals surface area contributed by atoms with Crippen molar-refractivity contribution in [2.75, 3.05) is 28.4 Å². The van der Waals surface area contributed by atoms with Crippen LogP contribution < -0.4 is 29.1 Å². The molecule has 0 amide bonds. The molecule has 0 aliphatic carbocycles. The maximum absolute atomic E-state index is 13.7. The molecular formula is C25H23BrN2O6S. The molecule has 1 aromatic heterocycles. The minimum Gasteiger partial charge on any atom is -0.493 e. The molecule has 3 aromatic rings. The second kappa shape index (κ2) is 10.1. The predicted octanol–water partition coefficient (Wildman–Crippen LogP) is 3.20. The van der Waals surface area contributed by atoms with Crippen molar-refractivity contribution in [3.63, 3.8) is 0 Å². The lowest BCUT2D eigenvalue weighted by Gasteiger charge is -2.25. The van der Waals surface area contributed by atoms with Gasteiger partial charge in [-0.05, 0) is 48.4 Å². The Labute approximate surface area is 213 Å². The van der Waals surface area contributed by atoms with Crippen molar-refractivity contribution in [3.8, 4) is 17.2 Å². The molecule has 0 saturated heterocycles. The number of allylic oxidation sites excluding steroid dienone is 1. The summed E-state index contributed by atoms with van der Waals surface area (Å²) in [6.45, 7) is 1.73. The molecule has 0 bridgehead atoms. The van der Waals surface area contributed by atoms with Crippen LogP contribution in [-0.4, -0.2) is 39.0 Å². The van der Waals surface area contributed by atoms with Crippen LogP contribution >= 0.6 is 27.3 Å². The zero-order valence-corrected chi connectivity index (χ0v) is 22.2. The molecular weight excluding hydrogens is 536 g/mol. The van der Waals surface area contributed by atoms with E-state index in [-0.39, 0.29) is 11.1 Å². The summed E-state index contributed by atoms with van der Waals surface area (Å²) in [5, 5.41) is 0. The van der Waals surface area contributed by atoms with Crippen molar-refractivity contribution in [1.29, 1.82) is 0 Å². The molecule has 1 aliphatic rings. The minimum atomic E-state index is -0.806. The van der Waals surface area contributed by atoms with E-state index in [1.54, 1.807) is 25.1 Å². The second-order valence-corrected chi connectivity index (χ2v) is 9.51. The smallest absolute Gasteiger partial charge is 0.338 e. The van der Waals surface area contributed by atoms with Gasteiger partial charge >= 0.3 is 5.97 Å². The molecule has 1 atom stereocenters. The minimum absolute atomic E-state index is 0.254. The number of esters is 1. The number of rotatable bonds is 6. The zero-order chi connectivity index (χ0) is 25.3. The lowest BCUT2D eigenvalue weighted by Crippen LogP contribution is -2.39. The van der Waals surface area contributed by atoms with Gasteiger partial charge in [0.25, 0.3) is 5.56 Å². The van der Waals surface area contributed by atoms with Crippen LogP contribution in [0.2, 0.25) is 0 Å². The number of thiazole rings is 1. The number of hydrogen-bond donors (Lipinski definition) is 0. The van der Waals surface area contributed by atoms with Crippen LogP contribution in [0.3, 0.4) is 0 Å². The van der Waals surface area contributed by atoms with Gasteiger partial charge in [-0.25, -0.2) is 9.79 Å². The summed E-state index contributed by atoms with van der Waals surface area (Å²) in [4.78, 5) is 31.6. The molecule has 8 nitrogen and oxygen atoms in total. The lowest BCUT2D eigenvalue weighted by molar-refractivity contribution is -0.136. The van der Waals surface area contributed by atoms with Crippen molar-refractivity contribution in [2.45, 2.75) is 13.0 Å². The standard InChI is InChI=1S/C25H23BrN2O6S/c1-13-20(24(30)34-5)21(15-11-17(31-2)22(33-4)18(12-15)32-3)28-23(29)19(35-25(28)27-13)10-14-6-8-16(26)9-7-14/h6-12,21H,1-5H3. The summed E-state index contributed by atoms with van der Waals surface area (Å²) in [5.41, 5.74) is 1.90. The van der Waals surface area contributed by atoms with E-state index < -0.39 is 12.0 Å². The average molecular weight is 559 g/mol. The van der Waals surface area contributed by atoms with E-state index in [2.05, 4.69) is 20.9 Å². The summed E-state index contributed by atoms with van der Waals surface area (Å²) in [5.74, 6) is 0.629. The van der Waals surface area contributed by atoms with Gasteiger partial charge in [-0.2, -0.15) is 0 Å². The van der Waals surface area contributed by atoms with Crippen molar-refractivity contribution in [3.05, 3.63) is 83.0 Å². The molecule has 2 heterocycles. The molecule has 4 rings (SSSR count). The fraction of sp³-hybridized carbons (Fsp3) is 0.240. The van der Waals surface area contributed by atoms with Gasteiger partial charge in [0.1, 0.15) is 0 Å². The SMILES string of the molecule is COC(=O)C1=C(C)N=c2sc(=Cc3ccc(Br)cc3)c(=O)n2C1c1cc(OC)c(OC)c(OC)c1. The number of carbonyl (C=O) groups is 1. The number of benzene rings is 2. The van der Waals surface area contributed by atoms with E-state index in [9.17, 15) is 9.59 Å². The van der Waals surface area contributed by atoms with Gasteiger partial charge in [0.15, 0.2) is 16.3 Å². The molecule has 0 saturated carbocycles. The highest BCUT2D eigenvalue weighted by molar-refractivity contribution is 9.10. The van der Waals surface area contributed by atoms with Gasteiger partial charge in [0.2, 0.25) is 5.75 Å². The fourth-order valence-corrected chi connectivity index (χ4v) is 5.29. The summed E-state index contributed by atoms with van der Waals surface area (Å²) < 4.78 is 24.5. The summed E-state index contributed by atoms with van der Waals surface area (Å²) in [6.07, 6.45) is 1.81. The molecule has 2 aromatic carbocycles. The number of halogens is 1. The van der Waals surface area contributed by atoms with E-state index in [1.807, 2.05) is 24.3 Å². The molecule has 0 spiro atoms. The number of hydrogen-bond acceptors (Lipinski definition) is 8. The molecule has 0 radical (unpaired) electrons. The van der Waals surface area contributed by atoms with Crippen LogP contribution in [0.15, 0.2) is 61.9 Å². The monoisotopic (exact) mass is 558 g/mol. The normalized spacial score (nSPS) is 15.4. The maximum atomic E-state index is 13.7. The second-order valence-electron chi connectivity index (χ2n) is 7.58. The van der Waals surface area contributed by atoms with E-state index >= 15 is 0 Å². The van der Waals surface area contributed by atoms with Crippen molar-refractivity contribution in [1.82, 2.24) is 4.57 Å². The Hall–Kier alpha value is -3.37. The Morgan fingerprint density at radius 2 is 1.69 bits per heavy atom. The molecule has 1 unspecified atom stereocenters. The summed E-state index contributed by atoms with van der Waals surface area (Å²) in [7, 11) is 5.82. The first kappa shape index (κ1) is 24.7. The highest BCUT2D eigenvalue weighted by Crippen LogP contribution is 2.42. The maximum Gasteiger partial charge on any atom is 0.338 e. The number of methoxy groups -OCH3 is 4. The van der Waals surface area contributed by atoms with E-state index in [1.165, 1.54) is 44.3 Å². The Morgan fingerprint density at radius 1 is 1.06 bits per heavy atom. The molecule has 0 fully saturated rings. The highest BCUT2D eigenvalue weighted by atomic mass is 79.9. The molecule has 35 heavy (non-hydrogen) atoms. The van der Waals surface area contributed by atoms with Crippen LogP contribution in [0.1, 0.15) is 24.1 Å². The highest BCUT2D eigenvalue weighted by Gasteiger charge is 2.34. The number of nitrogens with zero attached hydrogens (tertiary/aromatic N) is 2. The number of ether oxygens (including phenoxy) is 4. The van der Waals surface area contributed by atoms with Gasteiger partial charge in [-0.15, -0.1) is 0 Å². The van der Waals surface area contributed by atoms with E-state index in [0.29, 0.717) is 37.8 Å². The van der Waals surface area contributed by atoms with Gasteiger partial charge in [-0.1, -0.05) is 39.4 Å². The topological polar surface area (TPSA) is 88.4 Å². The number of carbonyl (C=O) groups excluding carboxylic acids is 1. The molecule has 182 valence electrons. The Kier molecular flexibility index (Phi) is 7.13. The van der Waals surface area contributed by atoms with Crippen LogP contribution in [0, 0.1) is 0 Å². The first-order chi connectivity index (χ1) is 16.8. The fourth-order valence-electron chi connectivity index (χ4n) is 3.98. The number of aromatic nitrogens is 1. The van der Waals surface area contributed by atoms with Crippen LogP contribution in [0.25, 0.3) is 6.08 Å². The Balaban J connectivity index is 2.01. The summed E-state index contributed by atoms with van der Waals surface area (Å²) in [6, 6.07) is 10.3. The van der Waals surface area contributed by atoms with Gasteiger partial charge in [-0.3, -0.25) is 9.36 Å². The van der Waals surface area contributed by atoms with Crippen molar-refractivity contribution in [2.24, 2.45) is 4.99 Å². The first-order valence-electron chi connectivity index (χ1n) is 10.5. The first-order valence-corrected chi connectivity index (χ1v) is 12.1. The predicted molar refractivity (Wildman–Crippen MR) is 136 cm³/mol. The lowest BCUT2D eigenvalue weighted by atomic mass is 9.95.